The fourth-order valence-corrected chi connectivity index (χ4v) is 2.44. The molecule has 0 fully saturated rings. The van der Waals surface area contributed by atoms with Crippen LogP contribution in [0.5, 0.6) is 0 Å². The van der Waals surface area contributed by atoms with Crippen molar-refractivity contribution >= 4 is 23.2 Å². The lowest BCUT2D eigenvalue weighted by molar-refractivity contribution is 0.102. The number of amides is 1. The van der Waals surface area contributed by atoms with Crippen molar-refractivity contribution in [3.8, 4) is 5.69 Å². The molecular weight excluding hydrogens is 312 g/mol. The van der Waals surface area contributed by atoms with Crippen molar-refractivity contribution in [2.45, 2.75) is 13.8 Å². The van der Waals surface area contributed by atoms with Gasteiger partial charge >= 0.3 is 0 Å². The third kappa shape index (κ3) is 3.24. The number of benzene rings is 1. The van der Waals surface area contributed by atoms with Gasteiger partial charge in [0.05, 0.1) is 23.3 Å². The Balaban J connectivity index is 1.86. The van der Waals surface area contributed by atoms with E-state index in [9.17, 15) is 4.79 Å². The molecule has 3 aromatic rings. The first-order valence-electron chi connectivity index (χ1n) is 7.10. The summed E-state index contributed by atoms with van der Waals surface area (Å²) >= 11 is 6.01. The number of aromatic nitrogens is 3. The zero-order valence-corrected chi connectivity index (χ0v) is 13.5. The average Bonchev–Trinajstić information content (AvgIpc) is 2.88. The minimum absolute atomic E-state index is 0.262. The number of hydrogen-bond acceptors (Lipinski definition) is 3. The first kappa shape index (κ1) is 15.2. The van der Waals surface area contributed by atoms with Gasteiger partial charge in [0.2, 0.25) is 0 Å². The van der Waals surface area contributed by atoms with Crippen molar-refractivity contribution in [3.63, 3.8) is 0 Å². The van der Waals surface area contributed by atoms with Crippen LogP contribution in [-0.4, -0.2) is 20.7 Å². The van der Waals surface area contributed by atoms with Gasteiger partial charge in [-0.3, -0.25) is 4.79 Å². The lowest BCUT2D eigenvalue weighted by Gasteiger charge is -2.07. The second-order valence-corrected chi connectivity index (χ2v) is 5.59. The molecule has 0 saturated heterocycles. The van der Waals surface area contributed by atoms with Gasteiger partial charge < -0.3 is 5.32 Å². The molecule has 0 radical (unpaired) electrons. The molecule has 0 unspecified atom stereocenters. The molecule has 0 aliphatic rings. The van der Waals surface area contributed by atoms with Crippen LogP contribution in [0.15, 0.2) is 48.7 Å². The zero-order valence-electron chi connectivity index (χ0n) is 12.7. The molecule has 2 aromatic heterocycles. The highest BCUT2D eigenvalue weighted by molar-refractivity contribution is 6.30. The van der Waals surface area contributed by atoms with Gasteiger partial charge in [-0.1, -0.05) is 23.7 Å². The third-order valence-corrected chi connectivity index (χ3v) is 3.67. The average molecular weight is 327 g/mol. The standard InChI is InChI=1S/C17H15ClN4O/c1-11-5-3-8-15(20-11)17(23)21-16-10-19-22(12(16)2)14-7-4-6-13(18)9-14/h3-10H,1-2H3,(H,21,23). The Morgan fingerprint density at radius 3 is 2.70 bits per heavy atom. The molecule has 0 bridgehead atoms. The van der Waals surface area contributed by atoms with E-state index >= 15 is 0 Å². The number of nitrogens with one attached hydrogen (secondary N) is 1. The van der Waals surface area contributed by atoms with E-state index in [2.05, 4.69) is 15.4 Å². The molecule has 0 saturated carbocycles. The molecule has 5 nitrogen and oxygen atoms in total. The highest BCUT2D eigenvalue weighted by atomic mass is 35.5. The second kappa shape index (κ2) is 6.22. The number of aryl methyl sites for hydroxylation is 1. The van der Waals surface area contributed by atoms with Gasteiger partial charge in [-0.05, 0) is 44.2 Å². The smallest absolute Gasteiger partial charge is 0.274 e. The Kier molecular flexibility index (Phi) is 4.12. The molecular formula is C17H15ClN4O. The van der Waals surface area contributed by atoms with Crippen LogP contribution >= 0.6 is 11.6 Å². The van der Waals surface area contributed by atoms with Gasteiger partial charge in [0.25, 0.3) is 5.91 Å². The largest absolute Gasteiger partial charge is 0.318 e. The SMILES string of the molecule is Cc1cccc(C(=O)Nc2cnn(-c3cccc(Cl)c3)c2C)n1. The maximum Gasteiger partial charge on any atom is 0.274 e. The van der Waals surface area contributed by atoms with Crippen LogP contribution in [0.25, 0.3) is 5.69 Å². The first-order chi connectivity index (χ1) is 11.0. The zero-order chi connectivity index (χ0) is 16.4. The molecule has 1 aromatic carbocycles. The normalized spacial score (nSPS) is 10.6. The molecule has 23 heavy (non-hydrogen) atoms. The summed E-state index contributed by atoms with van der Waals surface area (Å²) in [4.78, 5) is 16.5. The van der Waals surface area contributed by atoms with Crippen LogP contribution in [0, 0.1) is 13.8 Å². The molecule has 0 spiro atoms. The van der Waals surface area contributed by atoms with E-state index in [1.807, 2.05) is 38.1 Å². The Labute approximate surface area is 138 Å². The van der Waals surface area contributed by atoms with Gasteiger partial charge in [0.15, 0.2) is 0 Å². The number of halogens is 1. The van der Waals surface area contributed by atoms with Crippen LogP contribution in [0.4, 0.5) is 5.69 Å². The summed E-state index contributed by atoms with van der Waals surface area (Å²) in [7, 11) is 0. The molecule has 2 heterocycles. The van der Waals surface area contributed by atoms with E-state index in [1.165, 1.54) is 0 Å². The lowest BCUT2D eigenvalue weighted by atomic mass is 10.3. The minimum atomic E-state index is -0.262. The van der Waals surface area contributed by atoms with Gasteiger partial charge in [-0.15, -0.1) is 0 Å². The van der Waals surface area contributed by atoms with E-state index in [-0.39, 0.29) is 5.91 Å². The highest BCUT2D eigenvalue weighted by Gasteiger charge is 2.13. The van der Waals surface area contributed by atoms with Crippen LogP contribution in [0.3, 0.4) is 0 Å². The van der Waals surface area contributed by atoms with Crippen molar-refractivity contribution < 1.29 is 4.79 Å². The summed E-state index contributed by atoms with van der Waals surface area (Å²) < 4.78 is 1.73. The van der Waals surface area contributed by atoms with E-state index < -0.39 is 0 Å². The van der Waals surface area contributed by atoms with Crippen LogP contribution in [0.2, 0.25) is 5.02 Å². The number of nitrogens with zero attached hydrogens (tertiary/aromatic N) is 3. The molecule has 116 valence electrons. The molecule has 6 heteroatoms. The topological polar surface area (TPSA) is 59.8 Å². The van der Waals surface area contributed by atoms with E-state index in [0.717, 1.165) is 17.1 Å². The Bertz CT molecular complexity index is 873. The molecule has 3 rings (SSSR count). The maximum absolute atomic E-state index is 12.3. The van der Waals surface area contributed by atoms with Crippen molar-refractivity contribution in [2.75, 3.05) is 5.32 Å². The Hall–Kier alpha value is -2.66. The van der Waals surface area contributed by atoms with Crippen LogP contribution < -0.4 is 5.32 Å². The summed E-state index contributed by atoms with van der Waals surface area (Å²) in [5.74, 6) is -0.262. The van der Waals surface area contributed by atoms with Crippen molar-refractivity contribution in [2.24, 2.45) is 0 Å². The fourth-order valence-electron chi connectivity index (χ4n) is 2.26. The number of rotatable bonds is 3. The van der Waals surface area contributed by atoms with Crippen molar-refractivity contribution in [1.82, 2.24) is 14.8 Å². The van der Waals surface area contributed by atoms with Crippen LogP contribution in [0.1, 0.15) is 21.9 Å². The number of pyridine rings is 1. The fraction of sp³-hybridized carbons (Fsp3) is 0.118. The van der Waals surface area contributed by atoms with Crippen molar-refractivity contribution in [1.29, 1.82) is 0 Å². The minimum Gasteiger partial charge on any atom is -0.318 e. The van der Waals surface area contributed by atoms with Crippen molar-refractivity contribution in [3.05, 3.63) is 70.8 Å². The molecule has 0 aliphatic heterocycles. The summed E-state index contributed by atoms with van der Waals surface area (Å²) in [5, 5.41) is 7.79. The van der Waals surface area contributed by atoms with Gasteiger partial charge in [0, 0.05) is 10.7 Å². The van der Waals surface area contributed by atoms with Crippen LogP contribution in [-0.2, 0) is 0 Å². The monoisotopic (exact) mass is 326 g/mol. The van der Waals surface area contributed by atoms with E-state index in [1.54, 1.807) is 29.1 Å². The second-order valence-electron chi connectivity index (χ2n) is 5.15. The molecule has 0 atom stereocenters. The predicted octanol–water partition coefficient (Wildman–Crippen LogP) is 3.79. The Morgan fingerprint density at radius 1 is 1.17 bits per heavy atom. The van der Waals surface area contributed by atoms with E-state index in [4.69, 9.17) is 11.6 Å². The summed E-state index contributed by atoms with van der Waals surface area (Å²) in [6.07, 6.45) is 1.62. The summed E-state index contributed by atoms with van der Waals surface area (Å²) in [6.45, 7) is 3.73. The predicted molar refractivity (Wildman–Crippen MR) is 90.2 cm³/mol. The molecule has 1 amide bonds. The Morgan fingerprint density at radius 2 is 1.96 bits per heavy atom. The molecule has 1 N–H and O–H groups in total. The number of hydrogen-bond donors (Lipinski definition) is 1. The summed E-state index contributed by atoms with van der Waals surface area (Å²) in [5.41, 5.74) is 3.46. The van der Waals surface area contributed by atoms with E-state index in [0.29, 0.717) is 16.4 Å². The maximum atomic E-state index is 12.3. The third-order valence-electron chi connectivity index (χ3n) is 3.43. The van der Waals surface area contributed by atoms with Gasteiger partial charge in [0.1, 0.15) is 5.69 Å². The van der Waals surface area contributed by atoms with Gasteiger partial charge in [-0.25, -0.2) is 9.67 Å². The number of carbonyl (C=O) groups is 1. The highest BCUT2D eigenvalue weighted by Crippen LogP contribution is 2.21. The summed E-state index contributed by atoms with van der Waals surface area (Å²) in [6, 6.07) is 12.7. The quantitative estimate of drug-likeness (QED) is 0.796. The lowest BCUT2D eigenvalue weighted by Crippen LogP contribution is -2.14. The van der Waals surface area contributed by atoms with Gasteiger partial charge in [-0.2, -0.15) is 5.10 Å². The molecule has 0 aliphatic carbocycles. The first-order valence-corrected chi connectivity index (χ1v) is 7.48. The number of carbonyl (C=O) groups excluding carboxylic acids is 1. The number of anilines is 1.